The standard InChI is InChI=1S/C31H52O2/c1-21(16-18-30(5,6)33-9)23(3)27-14-15-28-26(11-10-17-31(27,28)7)13-12-25-19-22(2)24(4)29(20-25)32-8/h12-13,21-23,27-29H,4,10-11,14-20H2,1-3,5-9H3/b25-12-,26-13+/t21-,22-,23-,27?,28?,29-,31-/m1/s1. The van der Waals surface area contributed by atoms with Crippen LogP contribution in [0.5, 0.6) is 0 Å². The Balaban J connectivity index is 1.70. The molecule has 7 atom stereocenters. The van der Waals surface area contributed by atoms with E-state index in [-0.39, 0.29) is 11.7 Å². The molecule has 188 valence electrons. The Morgan fingerprint density at radius 2 is 1.88 bits per heavy atom. The van der Waals surface area contributed by atoms with Crippen LogP contribution in [0.1, 0.15) is 99.3 Å². The van der Waals surface area contributed by atoms with Crippen LogP contribution in [-0.4, -0.2) is 25.9 Å². The first-order chi connectivity index (χ1) is 15.5. The molecule has 0 aromatic rings. The van der Waals surface area contributed by atoms with Gasteiger partial charge in [0.05, 0.1) is 11.7 Å². The lowest BCUT2D eigenvalue weighted by molar-refractivity contribution is 0.00451. The molecule has 0 saturated heterocycles. The number of ether oxygens (including phenoxy) is 2. The van der Waals surface area contributed by atoms with E-state index in [0.29, 0.717) is 11.3 Å². The largest absolute Gasteiger partial charge is 0.379 e. The van der Waals surface area contributed by atoms with E-state index in [1.165, 1.54) is 44.1 Å². The van der Waals surface area contributed by atoms with Crippen molar-refractivity contribution in [1.29, 1.82) is 0 Å². The third kappa shape index (κ3) is 5.87. The van der Waals surface area contributed by atoms with Crippen LogP contribution in [0.15, 0.2) is 35.5 Å². The van der Waals surface area contributed by atoms with Crippen LogP contribution in [0.4, 0.5) is 0 Å². The monoisotopic (exact) mass is 456 g/mol. The maximum absolute atomic E-state index is 5.72. The van der Waals surface area contributed by atoms with Gasteiger partial charge in [-0.25, -0.2) is 0 Å². The molecule has 0 heterocycles. The fraction of sp³-hybridized carbons (Fsp3) is 0.806. The molecule has 2 unspecified atom stereocenters. The fourth-order valence-electron chi connectivity index (χ4n) is 7.37. The van der Waals surface area contributed by atoms with Gasteiger partial charge in [-0.1, -0.05) is 57.6 Å². The van der Waals surface area contributed by atoms with Crippen molar-refractivity contribution in [1.82, 2.24) is 0 Å². The molecule has 0 spiro atoms. The van der Waals surface area contributed by atoms with Gasteiger partial charge in [0.2, 0.25) is 0 Å². The molecule has 0 aliphatic heterocycles. The van der Waals surface area contributed by atoms with Crippen LogP contribution in [0.25, 0.3) is 0 Å². The van der Waals surface area contributed by atoms with Crippen molar-refractivity contribution in [2.45, 2.75) is 111 Å². The molecule has 33 heavy (non-hydrogen) atoms. The van der Waals surface area contributed by atoms with Gasteiger partial charge in [0.1, 0.15) is 0 Å². The van der Waals surface area contributed by atoms with Crippen molar-refractivity contribution in [3.63, 3.8) is 0 Å². The van der Waals surface area contributed by atoms with Gasteiger partial charge in [-0.05, 0) is 112 Å². The Hall–Kier alpha value is -0.860. The van der Waals surface area contributed by atoms with Crippen molar-refractivity contribution in [2.75, 3.05) is 14.2 Å². The predicted octanol–water partition coefficient (Wildman–Crippen LogP) is 8.53. The van der Waals surface area contributed by atoms with Crippen molar-refractivity contribution in [3.8, 4) is 0 Å². The summed E-state index contributed by atoms with van der Waals surface area (Å²) >= 11 is 0. The highest BCUT2D eigenvalue weighted by atomic mass is 16.5. The Bertz CT molecular complexity index is 744. The Labute approximate surface area is 205 Å². The Morgan fingerprint density at radius 3 is 2.55 bits per heavy atom. The molecule has 0 amide bonds. The van der Waals surface area contributed by atoms with E-state index in [1.54, 1.807) is 11.1 Å². The van der Waals surface area contributed by atoms with E-state index in [1.807, 2.05) is 14.2 Å². The summed E-state index contributed by atoms with van der Waals surface area (Å²) in [6.45, 7) is 18.7. The third-order valence-corrected chi connectivity index (χ3v) is 10.2. The molecule has 2 heteroatoms. The van der Waals surface area contributed by atoms with E-state index in [0.717, 1.165) is 42.9 Å². The minimum Gasteiger partial charge on any atom is -0.379 e. The second-order valence-corrected chi connectivity index (χ2v) is 12.6. The third-order valence-electron chi connectivity index (χ3n) is 10.2. The topological polar surface area (TPSA) is 18.5 Å². The molecule has 0 bridgehead atoms. The highest BCUT2D eigenvalue weighted by molar-refractivity contribution is 5.29. The van der Waals surface area contributed by atoms with Gasteiger partial charge in [-0.3, -0.25) is 0 Å². The summed E-state index contributed by atoms with van der Waals surface area (Å²) in [5, 5.41) is 0. The lowest BCUT2D eigenvalue weighted by atomic mass is 9.59. The molecular weight excluding hydrogens is 404 g/mol. The summed E-state index contributed by atoms with van der Waals surface area (Å²) in [5.41, 5.74) is 5.00. The van der Waals surface area contributed by atoms with Gasteiger partial charge in [-0.2, -0.15) is 0 Å². The molecule has 2 nitrogen and oxygen atoms in total. The minimum atomic E-state index is -0.00482. The molecule has 0 aromatic heterocycles. The summed E-state index contributed by atoms with van der Waals surface area (Å²) in [7, 11) is 3.68. The zero-order valence-corrected chi connectivity index (χ0v) is 23.0. The SMILES string of the molecule is C=C1[C@H](C)C/C(=C/C=C2\CCC[C@@]3(C)C2CCC3[C@H](C)[C@H](C)CCC(C)(C)OC)C[C@H]1OC. The van der Waals surface area contributed by atoms with Crippen molar-refractivity contribution in [2.24, 2.45) is 35.0 Å². The summed E-state index contributed by atoms with van der Waals surface area (Å²) in [5.74, 6) is 3.66. The second kappa shape index (κ2) is 10.8. The second-order valence-electron chi connectivity index (χ2n) is 12.6. The van der Waals surface area contributed by atoms with Crippen LogP contribution in [0, 0.1) is 35.0 Å². The number of hydrogen-bond acceptors (Lipinski definition) is 2. The predicted molar refractivity (Wildman–Crippen MR) is 141 cm³/mol. The zero-order valence-electron chi connectivity index (χ0n) is 23.0. The molecule has 3 aliphatic carbocycles. The average Bonchev–Trinajstić information content (AvgIpc) is 3.15. The van der Waals surface area contributed by atoms with Crippen LogP contribution >= 0.6 is 0 Å². The summed E-state index contributed by atoms with van der Waals surface area (Å²) in [4.78, 5) is 0. The van der Waals surface area contributed by atoms with Gasteiger partial charge < -0.3 is 9.47 Å². The first kappa shape index (κ1) is 26.7. The summed E-state index contributed by atoms with van der Waals surface area (Å²) < 4.78 is 11.4. The molecule has 0 N–H and O–H groups in total. The lowest BCUT2D eigenvalue weighted by Crippen LogP contribution is -2.37. The van der Waals surface area contributed by atoms with E-state index in [9.17, 15) is 0 Å². The molecule has 3 aliphatic rings. The van der Waals surface area contributed by atoms with Crippen molar-refractivity contribution in [3.05, 3.63) is 35.5 Å². The quantitative estimate of drug-likeness (QED) is 0.341. The Kier molecular flexibility index (Phi) is 8.76. The molecule has 0 radical (unpaired) electrons. The van der Waals surface area contributed by atoms with E-state index in [2.05, 4.69) is 60.3 Å². The zero-order chi connectivity index (χ0) is 24.4. The van der Waals surface area contributed by atoms with Crippen LogP contribution in [-0.2, 0) is 9.47 Å². The first-order valence-corrected chi connectivity index (χ1v) is 13.7. The van der Waals surface area contributed by atoms with Crippen LogP contribution in [0.2, 0.25) is 0 Å². The number of rotatable bonds is 8. The maximum atomic E-state index is 5.72. The molecule has 0 aromatic carbocycles. The molecule has 3 rings (SSSR count). The summed E-state index contributed by atoms with van der Waals surface area (Å²) in [6.07, 6.45) is 16.6. The fourth-order valence-corrected chi connectivity index (χ4v) is 7.37. The normalized spacial score (nSPS) is 37.4. The van der Waals surface area contributed by atoms with Gasteiger partial charge in [0, 0.05) is 14.2 Å². The van der Waals surface area contributed by atoms with Crippen molar-refractivity contribution < 1.29 is 9.47 Å². The van der Waals surface area contributed by atoms with Gasteiger partial charge in [0.25, 0.3) is 0 Å². The average molecular weight is 457 g/mol. The molecular formula is C31H52O2. The summed E-state index contributed by atoms with van der Waals surface area (Å²) in [6, 6.07) is 0. The lowest BCUT2D eigenvalue weighted by Gasteiger charge is -2.45. The van der Waals surface area contributed by atoms with Crippen LogP contribution < -0.4 is 0 Å². The van der Waals surface area contributed by atoms with E-state index in [4.69, 9.17) is 9.47 Å². The van der Waals surface area contributed by atoms with Gasteiger partial charge in [-0.15, -0.1) is 0 Å². The highest BCUT2D eigenvalue weighted by Gasteiger charge is 2.51. The van der Waals surface area contributed by atoms with Crippen molar-refractivity contribution >= 4 is 0 Å². The van der Waals surface area contributed by atoms with E-state index >= 15 is 0 Å². The minimum absolute atomic E-state index is 0.00482. The molecule has 3 saturated carbocycles. The number of fused-ring (bicyclic) bond motifs is 1. The maximum Gasteiger partial charge on any atom is 0.0818 e. The first-order valence-electron chi connectivity index (χ1n) is 13.7. The highest BCUT2D eigenvalue weighted by Crippen LogP contribution is 2.60. The molecule has 3 fully saturated rings. The number of methoxy groups -OCH3 is 2. The van der Waals surface area contributed by atoms with Gasteiger partial charge in [0.15, 0.2) is 0 Å². The van der Waals surface area contributed by atoms with Gasteiger partial charge >= 0.3 is 0 Å². The van der Waals surface area contributed by atoms with Crippen LogP contribution in [0.3, 0.4) is 0 Å². The Morgan fingerprint density at radius 1 is 1.15 bits per heavy atom. The number of allylic oxidation sites excluding steroid dienone is 3. The smallest absolute Gasteiger partial charge is 0.0818 e. The number of hydrogen-bond donors (Lipinski definition) is 0. The van der Waals surface area contributed by atoms with E-state index < -0.39 is 0 Å².